The van der Waals surface area contributed by atoms with Crippen LogP contribution in [0.3, 0.4) is 0 Å². The molecule has 0 radical (unpaired) electrons. The van der Waals surface area contributed by atoms with E-state index in [4.69, 9.17) is 5.73 Å². The van der Waals surface area contributed by atoms with Crippen molar-refractivity contribution in [3.8, 4) is 0 Å². The third kappa shape index (κ3) is 4.82. The molecule has 1 aromatic rings. The van der Waals surface area contributed by atoms with Gasteiger partial charge in [0, 0.05) is 19.6 Å². The Kier molecular flexibility index (Phi) is 6.40. The third-order valence-corrected chi connectivity index (χ3v) is 4.52. The van der Waals surface area contributed by atoms with Gasteiger partial charge < -0.3 is 10.6 Å². The predicted molar refractivity (Wildman–Crippen MR) is 90.3 cm³/mol. The Bertz CT molecular complexity index is 453. The summed E-state index contributed by atoms with van der Waals surface area (Å²) in [5.74, 6) is 0.684. The number of amides is 1. The molecule has 1 atom stereocenters. The molecule has 22 heavy (non-hydrogen) atoms. The number of benzene rings is 1. The van der Waals surface area contributed by atoms with Gasteiger partial charge in [0.05, 0.1) is 6.04 Å². The van der Waals surface area contributed by atoms with E-state index in [1.807, 2.05) is 11.8 Å². The highest BCUT2D eigenvalue weighted by Crippen LogP contribution is 2.20. The number of carbonyl (C=O) groups is 1. The molecule has 1 fully saturated rings. The Morgan fingerprint density at radius 3 is 2.50 bits per heavy atom. The Labute approximate surface area is 134 Å². The average molecular weight is 303 g/mol. The van der Waals surface area contributed by atoms with Crippen molar-refractivity contribution in [2.45, 2.75) is 39.3 Å². The first-order valence-corrected chi connectivity index (χ1v) is 8.40. The molecule has 1 aliphatic heterocycles. The summed E-state index contributed by atoms with van der Waals surface area (Å²) in [5.41, 5.74) is 7.10. The first kappa shape index (κ1) is 17.0. The third-order valence-electron chi connectivity index (χ3n) is 4.52. The van der Waals surface area contributed by atoms with Crippen molar-refractivity contribution < 1.29 is 4.79 Å². The standard InChI is InChI=1S/C18H29N3O/c1-3-21(18(22)15(2)19)14-17-9-11-20(12-10-17)13-16-7-5-4-6-8-16/h4-8,15,17H,3,9-14,19H2,1-2H3. The van der Waals surface area contributed by atoms with Crippen LogP contribution in [0.2, 0.25) is 0 Å². The van der Waals surface area contributed by atoms with Crippen LogP contribution in [0, 0.1) is 5.92 Å². The minimum Gasteiger partial charge on any atom is -0.341 e. The maximum absolute atomic E-state index is 12.0. The molecular weight excluding hydrogens is 274 g/mol. The monoisotopic (exact) mass is 303 g/mol. The predicted octanol–water partition coefficient (Wildman–Crippen LogP) is 2.09. The number of hydrogen-bond donors (Lipinski definition) is 1. The van der Waals surface area contributed by atoms with Crippen molar-refractivity contribution in [2.75, 3.05) is 26.2 Å². The van der Waals surface area contributed by atoms with Crippen molar-refractivity contribution in [1.29, 1.82) is 0 Å². The molecule has 4 heteroatoms. The van der Waals surface area contributed by atoms with Crippen LogP contribution in [0.15, 0.2) is 30.3 Å². The number of piperidine rings is 1. The van der Waals surface area contributed by atoms with E-state index in [1.54, 1.807) is 6.92 Å². The van der Waals surface area contributed by atoms with Crippen molar-refractivity contribution in [1.82, 2.24) is 9.80 Å². The lowest BCUT2D eigenvalue weighted by Gasteiger charge is -2.35. The second-order valence-electron chi connectivity index (χ2n) is 6.37. The second kappa shape index (κ2) is 8.30. The lowest BCUT2D eigenvalue weighted by molar-refractivity contribution is -0.132. The van der Waals surface area contributed by atoms with Gasteiger partial charge in [0.25, 0.3) is 0 Å². The van der Waals surface area contributed by atoms with Crippen molar-refractivity contribution in [3.63, 3.8) is 0 Å². The van der Waals surface area contributed by atoms with E-state index in [-0.39, 0.29) is 5.91 Å². The molecule has 1 aromatic carbocycles. The van der Waals surface area contributed by atoms with Gasteiger partial charge in [0.1, 0.15) is 0 Å². The maximum atomic E-state index is 12.0. The zero-order chi connectivity index (χ0) is 15.9. The van der Waals surface area contributed by atoms with Crippen LogP contribution >= 0.6 is 0 Å². The van der Waals surface area contributed by atoms with Crippen LogP contribution in [-0.2, 0) is 11.3 Å². The number of nitrogens with two attached hydrogens (primary N) is 1. The lowest BCUT2D eigenvalue weighted by Crippen LogP contribution is -2.46. The van der Waals surface area contributed by atoms with Crippen molar-refractivity contribution >= 4 is 5.91 Å². The number of likely N-dealkylation sites (tertiary alicyclic amines) is 1. The molecule has 0 saturated carbocycles. The van der Waals surface area contributed by atoms with Gasteiger partial charge >= 0.3 is 0 Å². The SMILES string of the molecule is CCN(CC1CCN(Cc2ccccc2)CC1)C(=O)C(C)N. The topological polar surface area (TPSA) is 49.6 Å². The fraction of sp³-hybridized carbons (Fsp3) is 0.611. The van der Waals surface area contributed by atoms with Crippen LogP contribution in [0.4, 0.5) is 0 Å². The van der Waals surface area contributed by atoms with E-state index in [0.29, 0.717) is 5.92 Å². The number of nitrogens with zero attached hydrogens (tertiary/aromatic N) is 2. The first-order chi connectivity index (χ1) is 10.6. The minimum absolute atomic E-state index is 0.0780. The maximum Gasteiger partial charge on any atom is 0.239 e. The second-order valence-corrected chi connectivity index (χ2v) is 6.37. The molecule has 1 heterocycles. The normalized spacial score (nSPS) is 18.1. The highest BCUT2D eigenvalue weighted by molar-refractivity contribution is 5.81. The Hall–Kier alpha value is -1.39. The summed E-state index contributed by atoms with van der Waals surface area (Å²) in [6.45, 7) is 8.68. The molecule has 2 rings (SSSR count). The zero-order valence-corrected chi connectivity index (χ0v) is 13.9. The summed E-state index contributed by atoms with van der Waals surface area (Å²) in [7, 11) is 0. The molecule has 4 nitrogen and oxygen atoms in total. The minimum atomic E-state index is -0.391. The first-order valence-electron chi connectivity index (χ1n) is 8.40. The Morgan fingerprint density at radius 2 is 1.95 bits per heavy atom. The van der Waals surface area contributed by atoms with Crippen LogP contribution < -0.4 is 5.73 Å². The molecule has 0 bridgehead atoms. The zero-order valence-electron chi connectivity index (χ0n) is 13.9. The van der Waals surface area contributed by atoms with Gasteiger partial charge in [-0.1, -0.05) is 30.3 Å². The Morgan fingerprint density at radius 1 is 1.32 bits per heavy atom. The summed E-state index contributed by atoms with van der Waals surface area (Å²) >= 11 is 0. The smallest absolute Gasteiger partial charge is 0.239 e. The quantitative estimate of drug-likeness (QED) is 0.875. The van der Waals surface area contributed by atoms with E-state index >= 15 is 0 Å². The van der Waals surface area contributed by atoms with E-state index in [9.17, 15) is 4.79 Å². The molecule has 0 aliphatic carbocycles. The van der Waals surface area contributed by atoms with Gasteiger partial charge in [0.2, 0.25) is 5.91 Å². The van der Waals surface area contributed by atoms with Crippen LogP contribution in [-0.4, -0.2) is 47.9 Å². The van der Waals surface area contributed by atoms with E-state index in [0.717, 1.165) is 45.6 Å². The Balaban J connectivity index is 1.78. The molecule has 1 amide bonds. The largest absolute Gasteiger partial charge is 0.341 e. The lowest BCUT2D eigenvalue weighted by atomic mass is 9.95. The molecule has 0 spiro atoms. The van der Waals surface area contributed by atoms with Crippen LogP contribution in [0.25, 0.3) is 0 Å². The highest BCUT2D eigenvalue weighted by Gasteiger charge is 2.24. The summed E-state index contributed by atoms with van der Waals surface area (Å²) in [6.07, 6.45) is 2.32. The molecule has 2 N–H and O–H groups in total. The summed E-state index contributed by atoms with van der Waals surface area (Å²) in [6, 6.07) is 10.2. The molecule has 1 unspecified atom stereocenters. The fourth-order valence-corrected chi connectivity index (χ4v) is 3.14. The van der Waals surface area contributed by atoms with Gasteiger partial charge in [-0.3, -0.25) is 9.69 Å². The number of hydrogen-bond acceptors (Lipinski definition) is 3. The van der Waals surface area contributed by atoms with Crippen molar-refractivity contribution in [3.05, 3.63) is 35.9 Å². The number of carbonyl (C=O) groups excluding carboxylic acids is 1. The summed E-state index contributed by atoms with van der Waals surface area (Å²) in [5, 5.41) is 0. The number of rotatable bonds is 6. The molecule has 1 saturated heterocycles. The fourth-order valence-electron chi connectivity index (χ4n) is 3.14. The molecular formula is C18H29N3O. The number of likely N-dealkylation sites (N-methyl/N-ethyl adjacent to an activating group) is 1. The molecule has 0 aromatic heterocycles. The van der Waals surface area contributed by atoms with Crippen LogP contribution in [0.1, 0.15) is 32.3 Å². The highest BCUT2D eigenvalue weighted by atomic mass is 16.2. The summed E-state index contributed by atoms with van der Waals surface area (Å²) < 4.78 is 0. The van der Waals surface area contributed by atoms with E-state index in [2.05, 4.69) is 35.2 Å². The molecule has 122 valence electrons. The van der Waals surface area contributed by atoms with Gasteiger partial charge in [0.15, 0.2) is 0 Å². The van der Waals surface area contributed by atoms with Gasteiger partial charge in [-0.05, 0) is 51.3 Å². The van der Waals surface area contributed by atoms with Crippen LogP contribution in [0.5, 0.6) is 0 Å². The van der Waals surface area contributed by atoms with Crippen molar-refractivity contribution in [2.24, 2.45) is 11.7 Å². The van der Waals surface area contributed by atoms with Gasteiger partial charge in [-0.2, -0.15) is 0 Å². The van der Waals surface area contributed by atoms with E-state index in [1.165, 1.54) is 5.56 Å². The van der Waals surface area contributed by atoms with E-state index < -0.39 is 6.04 Å². The summed E-state index contributed by atoms with van der Waals surface area (Å²) in [4.78, 5) is 16.5. The molecule has 1 aliphatic rings. The van der Waals surface area contributed by atoms with Gasteiger partial charge in [-0.25, -0.2) is 0 Å². The average Bonchev–Trinajstić information content (AvgIpc) is 2.54. The van der Waals surface area contributed by atoms with Gasteiger partial charge in [-0.15, -0.1) is 0 Å².